The number of benzene rings is 2. The Kier molecular flexibility index (Phi) is 5.85. The van der Waals surface area contributed by atoms with E-state index in [0.717, 1.165) is 44.1 Å². The van der Waals surface area contributed by atoms with E-state index in [1.165, 1.54) is 35.2 Å². The van der Waals surface area contributed by atoms with Gasteiger partial charge in [-0.1, -0.05) is 12.1 Å². The number of halogens is 2. The summed E-state index contributed by atoms with van der Waals surface area (Å²) < 4.78 is 27.6. The van der Waals surface area contributed by atoms with Gasteiger partial charge in [-0.2, -0.15) is 0 Å². The molecule has 1 aliphatic heterocycles. The fourth-order valence-corrected chi connectivity index (χ4v) is 3.76. The lowest BCUT2D eigenvalue weighted by atomic mass is 10.0. The fraction of sp³-hybridized carbons (Fsp3) is 0.318. The minimum Gasteiger partial charge on any atom is -0.352 e. The molecular weight excluding hydrogens is 390 g/mol. The zero-order valence-corrected chi connectivity index (χ0v) is 16.4. The number of piperidine rings is 1. The highest BCUT2D eigenvalue weighted by molar-refractivity contribution is 5.79. The molecule has 30 heavy (non-hydrogen) atoms. The van der Waals surface area contributed by atoms with E-state index in [9.17, 15) is 18.4 Å². The summed E-state index contributed by atoms with van der Waals surface area (Å²) in [6, 6.07) is 10.3. The smallest absolute Gasteiger partial charge is 0.261 e. The van der Waals surface area contributed by atoms with Gasteiger partial charge in [-0.3, -0.25) is 19.1 Å². The maximum atomic E-state index is 13.4. The molecule has 156 valence electrons. The number of nitrogens with one attached hydrogen (secondary N) is 1. The van der Waals surface area contributed by atoms with Crippen molar-refractivity contribution in [1.29, 1.82) is 0 Å². The van der Waals surface area contributed by atoms with E-state index in [0.29, 0.717) is 5.52 Å². The van der Waals surface area contributed by atoms with Crippen molar-refractivity contribution in [3.05, 3.63) is 76.3 Å². The van der Waals surface area contributed by atoms with Crippen LogP contribution in [0.4, 0.5) is 8.78 Å². The number of carbonyl (C=O) groups is 1. The van der Waals surface area contributed by atoms with E-state index in [1.807, 2.05) is 0 Å². The lowest BCUT2D eigenvalue weighted by Crippen LogP contribution is -2.45. The van der Waals surface area contributed by atoms with Crippen molar-refractivity contribution in [2.24, 2.45) is 0 Å². The third-order valence-corrected chi connectivity index (χ3v) is 5.37. The molecule has 0 bridgehead atoms. The molecule has 1 aromatic heterocycles. The molecule has 1 amide bonds. The van der Waals surface area contributed by atoms with Gasteiger partial charge in [0.2, 0.25) is 5.91 Å². The van der Waals surface area contributed by atoms with Crippen molar-refractivity contribution >= 4 is 16.8 Å². The zero-order valence-electron chi connectivity index (χ0n) is 16.4. The Bertz CT molecular complexity index is 1110. The van der Waals surface area contributed by atoms with Gasteiger partial charge in [0.25, 0.3) is 5.56 Å². The van der Waals surface area contributed by atoms with Crippen LogP contribution < -0.4 is 10.9 Å². The van der Waals surface area contributed by atoms with Crippen molar-refractivity contribution in [1.82, 2.24) is 19.8 Å². The highest BCUT2D eigenvalue weighted by atomic mass is 19.1. The number of aromatic nitrogens is 2. The molecule has 6 nitrogen and oxygen atoms in total. The third-order valence-electron chi connectivity index (χ3n) is 5.37. The number of carbonyl (C=O) groups excluding carboxylic acids is 1. The van der Waals surface area contributed by atoms with Gasteiger partial charge < -0.3 is 5.32 Å². The molecule has 1 aliphatic rings. The Morgan fingerprint density at radius 2 is 1.77 bits per heavy atom. The molecule has 1 fully saturated rings. The number of likely N-dealkylation sites (tertiary alicyclic amines) is 1. The van der Waals surface area contributed by atoms with E-state index in [1.54, 1.807) is 12.1 Å². The number of nitrogens with zero attached hydrogens (tertiary/aromatic N) is 3. The number of hydrogen-bond acceptors (Lipinski definition) is 4. The first kappa shape index (κ1) is 20.2. The average molecular weight is 412 g/mol. The van der Waals surface area contributed by atoms with Crippen LogP contribution >= 0.6 is 0 Å². The van der Waals surface area contributed by atoms with Gasteiger partial charge in [0, 0.05) is 25.7 Å². The maximum Gasteiger partial charge on any atom is 0.261 e. The van der Waals surface area contributed by atoms with Crippen molar-refractivity contribution < 1.29 is 13.6 Å². The van der Waals surface area contributed by atoms with Crippen molar-refractivity contribution in [3.8, 4) is 0 Å². The summed E-state index contributed by atoms with van der Waals surface area (Å²) in [4.78, 5) is 31.3. The molecule has 1 saturated heterocycles. The first-order chi connectivity index (χ1) is 14.5. The molecule has 0 spiro atoms. The minimum atomic E-state index is -0.518. The molecule has 4 rings (SSSR count). The van der Waals surface area contributed by atoms with Crippen LogP contribution in [0, 0.1) is 11.6 Å². The number of rotatable bonds is 5. The fourth-order valence-electron chi connectivity index (χ4n) is 3.76. The summed E-state index contributed by atoms with van der Waals surface area (Å²) in [5.41, 5.74) is 1.01. The van der Waals surface area contributed by atoms with E-state index < -0.39 is 11.4 Å². The molecule has 0 saturated carbocycles. The van der Waals surface area contributed by atoms with Crippen LogP contribution in [0.3, 0.4) is 0 Å². The van der Waals surface area contributed by atoms with E-state index in [2.05, 4.69) is 15.2 Å². The Hall–Kier alpha value is -3.13. The second-order valence-electron chi connectivity index (χ2n) is 7.58. The molecule has 0 atom stereocenters. The van der Waals surface area contributed by atoms with Crippen LogP contribution in [-0.2, 0) is 17.9 Å². The Morgan fingerprint density at radius 1 is 1.07 bits per heavy atom. The molecule has 1 N–H and O–H groups in total. The van der Waals surface area contributed by atoms with Gasteiger partial charge in [-0.05, 0) is 48.7 Å². The zero-order chi connectivity index (χ0) is 21.1. The highest BCUT2D eigenvalue weighted by Crippen LogP contribution is 2.14. The van der Waals surface area contributed by atoms with E-state index >= 15 is 0 Å². The minimum absolute atomic E-state index is 0.0310. The lowest BCUT2D eigenvalue weighted by Gasteiger charge is -2.32. The highest BCUT2D eigenvalue weighted by Gasteiger charge is 2.21. The van der Waals surface area contributed by atoms with Gasteiger partial charge in [0.15, 0.2) is 0 Å². The maximum absolute atomic E-state index is 13.4. The monoisotopic (exact) mass is 412 g/mol. The average Bonchev–Trinajstić information content (AvgIpc) is 2.73. The van der Waals surface area contributed by atoms with Crippen LogP contribution in [0.15, 0.2) is 53.6 Å². The summed E-state index contributed by atoms with van der Waals surface area (Å²) in [6.45, 7) is 2.22. The van der Waals surface area contributed by atoms with Crippen LogP contribution in [0.5, 0.6) is 0 Å². The van der Waals surface area contributed by atoms with Gasteiger partial charge in [-0.25, -0.2) is 13.8 Å². The summed E-state index contributed by atoms with van der Waals surface area (Å²) in [6.07, 6.45) is 2.90. The summed E-state index contributed by atoms with van der Waals surface area (Å²) in [7, 11) is 0. The van der Waals surface area contributed by atoms with Gasteiger partial charge in [0.05, 0.1) is 17.2 Å². The van der Waals surface area contributed by atoms with Gasteiger partial charge >= 0.3 is 0 Å². The molecule has 2 aromatic carbocycles. The van der Waals surface area contributed by atoms with Gasteiger partial charge in [0.1, 0.15) is 18.2 Å². The number of hydrogen-bond donors (Lipinski definition) is 1. The molecule has 8 heteroatoms. The van der Waals surface area contributed by atoms with Crippen LogP contribution in [0.25, 0.3) is 10.9 Å². The first-order valence-corrected chi connectivity index (χ1v) is 9.89. The first-order valence-electron chi connectivity index (χ1n) is 9.89. The Morgan fingerprint density at radius 3 is 2.50 bits per heavy atom. The van der Waals surface area contributed by atoms with E-state index in [-0.39, 0.29) is 29.7 Å². The van der Waals surface area contributed by atoms with Crippen molar-refractivity contribution in [2.45, 2.75) is 32.0 Å². The van der Waals surface area contributed by atoms with Gasteiger partial charge in [-0.15, -0.1) is 0 Å². The predicted octanol–water partition coefficient (Wildman–Crippen LogP) is 2.46. The summed E-state index contributed by atoms with van der Waals surface area (Å²) in [5.74, 6) is -1.03. The van der Waals surface area contributed by atoms with E-state index in [4.69, 9.17) is 0 Å². The number of amides is 1. The molecular formula is C22H22F2N4O2. The molecule has 0 radical (unpaired) electrons. The SMILES string of the molecule is O=C(Cn1cnc2ccc(F)cc2c1=O)NC1CCN(Cc2ccc(F)cc2)CC1. The van der Waals surface area contributed by atoms with Crippen LogP contribution in [0.2, 0.25) is 0 Å². The normalized spacial score (nSPS) is 15.4. The van der Waals surface area contributed by atoms with Crippen molar-refractivity contribution in [2.75, 3.05) is 13.1 Å². The van der Waals surface area contributed by atoms with Crippen LogP contribution in [-0.4, -0.2) is 39.5 Å². The quantitative estimate of drug-likeness (QED) is 0.699. The number of fused-ring (bicyclic) bond motifs is 1. The topological polar surface area (TPSA) is 67.2 Å². The second kappa shape index (κ2) is 8.71. The largest absolute Gasteiger partial charge is 0.352 e. The third kappa shape index (κ3) is 4.71. The van der Waals surface area contributed by atoms with Crippen molar-refractivity contribution in [3.63, 3.8) is 0 Å². The Balaban J connectivity index is 1.31. The summed E-state index contributed by atoms with van der Waals surface area (Å²) >= 11 is 0. The molecule has 3 aromatic rings. The lowest BCUT2D eigenvalue weighted by molar-refractivity contribution is -0.122. The standard InChI is InChI=1S/C22H22F2N4O2/c23-16-3-1-15(2-4-16)12-27-9-7-18(8-10-27)26-21(29)13-28-14-25-20-6-5-17(24)11-19(20)22(28)30/h1-6,11,14,18H,7-10,12-13H2,(H,26,29). The molecule has 2 heterocycles. The summed E-state index contributed by atoms with van der Waals surface area (Å²) in [5, 5.41) is 3.12. The molecule has 0 unspecified atom stereocenters. The Labute approximate surface area is 172 Å². The molecule has 0 aliphatic carbocycles. The predicted molar refractivity (Wildman–Crippen MR) is 109 cm³/mol. The van der Waals surface area contributed by atoms with Crippen LogP contribution in [0.1, 0.15) is 18.4 Å². The second-order valence-corrected chi connectivity index (χ2v) is 7.58.